The molecule has 0 unspecified atom stereocenters. The van der Waals surface area contributed by atoms with Crippen LogP contribution in [0.2, 0.25) is 0 Å². The zero-order chi connectivity index (χ0) is 9.10. The van der Waals surface area contributed by atoms with Crippen molar-refractivity contribution >= 4 is 16.5 Å². The van der Waals surface area contributed by atoms with Crippen molar-refractivity contribution in [1.82, 2.24) is 9.97 Å². The molecule has 0 saturated heterocycles. The molecule has 0 radical (unpaired) electrons. The minimum atomic E-state index is 0.585. The van der Waals surface area contributed by atoms with Crippen LogP contribution in [0.15, 0.2) is 22.2 Å². The summed E-state index contributed by atoms with van der Waals surface area (Å²) in [7, 11) is 0. The van der Waals surface area contributed by atoms with Crippen LogP contribution in [0.4, 0.5) is 5.13 Å². The van der Waals surface area contributed by atoms with Crippen molar-refractivity contribution < 1.29 is 4.42 Å². The van der Waals surface area contributed by atoms with Crippen molar-refractivity contribution in [2.45, 2.75) is 13.5 Å². The molecule has 5 heteroatoms. The second kappa shape index (κ2) is 3.57. The third kappa shape index (κ3) is 2.06. The molecule has 0 saturated carbocycles. The molecule has 0 aliphatic rings. The molecular formula is C8H9N3OS. The molecule has 0 atom stereocenters. The van der Waals surface area contributed by atoms with Gasteiger partial charge in [0, 0.05) is 11.6 Å². The van der Waals surface area contributed by atoms with Crippen LogP contribution < -0.4 is 5.32 Å². The molecule has 2 heterocycles. The predicted octanol–water partition coefficient (Wildman–Crippen LogP) is 2.05. The van der Waals surface area contributed by atoms with E-state index in [4.69, 9.17) is 4.42 Å². The molecule has 0 fully saturated rings. The fraction of sp³-hybridized carbons (Fsp3) is 0.250. The maximum absolute atomic E-state index is 5.29. The highest BCUT2D eigenvalue weighted by molar-refractivity contribution is 7.13. The number of nitrogens with one attached hydrogen (secondary N) is 1. The number of aromatic nitrogens is 2. The van der Waals surface area contributed by atoms with E-state index < -0.39 is 0 Å². The average Bonchev–Trinajstić information content (AvgIpc) is 2.71. The number of rotatable bonds is 3. The van der Waals surface area contributed by atoms with Gasteiger partial charge in [0.15, 0.2) is 5.13 Å². The van der Waals surface area contributed by atoms with E-state index in [0.717, 1.165) is 10.9 Å². The van der Waals surface area contributed by atoms with Gasteiger partial charge in [0.25, 0.3) is 0 Å². The van der Waals surface area contributed by atoms with E-state index in [1.54, 1.807) is 23.7 Å². The lowest BCUT2D eigenvalue weighted by Gasteiger charge is -1.96. The first-order chi connectivity index (χ1) is 6.34. The number of anilines is 1. The van der Waals surface area contributed by atoms with E-state index in [1.807, 2.05) is 12.3 Å². The molecule has 4 nitrogen and oxygen atoms in total. The lowest BCUT2D eigenvalue weighted by atomic mass is 10.6. The standard InChI is InChI=1S/C8H9N3OS/c1-6-4-10-7(12-6)5-11-8-9-2-3-13-8/h2-4H,5H2,1H3,(H,9,11). The van der Waals surface area contributed by atoms with Gasteiger partial charge in [-0.1, -0.05) is 0 Å². The number of hydrogen-bond donors (Lipinski definition) is 1. The van der Waals surface area contributed by atoms with Gasteiger partial charge in [0.05, 0.1) is 12.7 Å². The highest BCUT2D eigenvalue weighted by Gasteiger charge is 2.00. The first-order valence-corrected chi connectivity index (χ1v) is 4.77. The van der Waals surface area contributed by atoms with Gasteiger partial charge in [-0.3, -0.25) is 0 Å². The van der Waals surface area contributed by atoms with Gasteiger partial charge in [-0.05, 0) is 6.92 Å². The maximum atomic E-state index is 5.29. The quantitative estimate of drug-likeness (QED) is 0.814. The Hall–Kier alpha value is -1.36. The lowest BCUT2D eigenvalue weighted by Crippen LogP contribution is -1.98. The Morgan fingerprint density at radius 3 is 3.08 bits per heavy atom. The minimum Gasteiger partial charge on any atom is -0.444 e. The summed E-state index contributed by atoms with van der Waals surface area (Å²) < 4.78 is 5.29. The monoisotopic (exact) mass is 195 g/mol. The zero-order valence-electron chi connectivity index (χ0n) is 7.15. The fourth-order valence-corrected chi connectivity index (χ4v) is 1.47. The summed E-state index contributed by atoms with van der Waals surface area (Å²) in [6, 6.07) is 0. The van der Waals surface area contributed by atoms with Crippen LogP contribution in [0.5, 0.6) is 0 Å². The third-order valence-electron chi connectivity index (χ3n) is 1.49. The van der Waals surface area contributed by atoms with Crippen molar-refractivity contribution in [2.24, 2.45) is 0 Å². The molecule has 13 heavy (non-hydrogen) atoms. The second-order valence-corrected chi connectivity index (χ2v) is 3.45. The van der Waals surface area contributed by atoms with E-state index in [-0.39, 0.29) is 0 Å². The summed E-state index contributed by atoms with van der Waals surface area (Å²) in [5.41, 5.74) is 0. The average molecular weight is 195 g/mol. The number of hydrogen-bond acceptors (Lipinski definition) is 5. The predicted molar refractivity (Wildman–Crippen MR) is 50.7 cm³/mol. The molecule has 0 spiro atoms. The van der Waals surface area contributed by atoms with Crippen molar-refractivity contribution in [3.63, 3.8) is 0 Å². The van der Waals surface area contributed by atoms with Crippen molar-refractivity contribution in [1.29, 1.82) is 0 Å². The van der Waals surface area contributed by atoms with Crippen LogP contribution in [-0.4, -0.2) is 9.97 Å². The highest BCUT2D eigenvalue weighted by atomic mass is 32.1. The van der Waals surface area contributed by atoms with E-state index >= 15 is 0 Å². The Balaban J connectivity index is 1.93. The Bertz CT molecular complexity index is 368. The summed E-state index contributed by atoms with van der Waals surface area (Å²) in [5, 5.41) is 5.91. The summed E-state index contributed by atoms with van der Waals surface area (Å²) >= 11 is 1.56. The summed E-state index contributed by atoms with van der Waals surface area (Å²) in [5.74, 6) is 1.52. The van der Waals surface area contributed by atoms with E-state index in [0.29, 0.717) is 12.4 Å². The molecule has 2 rings (SSSR count). The van der Waals surface area contributed by atoms with Gasteiger partial charge in [0.1, 0.15) is 5.76 Å². The molecule has 0 aromatic carbocycles. The maximum Gasteiger partial charge on any atom is 0.213 e. The second-order valence-electron chi connectivity index (χ2n) is 2.56. The van der Waals surface area contributed by atoms with Crippen molar-refractivity contribution in [3.05, 3.63) is 29.4 Å². The van der Waals surface area contributed by atoms with Crippen LogP contribution in [0, 0.1) is 6.92 Å². The first-order valence-electron chi connectivity index (χ1n) is 3.89. The number of aryl methyl sites for hydroxylation is 1. The molecule has 0 aliphatic carbocycles. The Morgan fingerprint density at radius 1 is 1.54 bits per heavy atom. The number of nitrogens with zero attached hydrogens (tertiary/aromatic N) is 2. The minimum absolute atomic E-state index is 0.585. The van der Waals surface area contributed by atoms with Gasteiger partial charge < -0.3 is 9.73 Å². The molecule has 68 valence electrons. The van der Waals surface area contributed by atoms with Gasteiger partial charge >= 0.3 is 0 Å². The molecular weight excluding hydrogens is 186 g/mol. The van der Waals surface area contributed by atoms with Crippen LogP contribution >= 0.6 is 11.3 Å². The Kier molecular flexibility index (Phi) is 2.27. The van der Waals surface area contributed by atoms with Gasteiger partial charge in [-0.25, -0.2) is 9.97 Å². The molecule has 1 N–H and O–H groups in total. The number of oxazole rings is 1. The third-order valence-corrected chi connectivity index (χ3v) is 2.22. The fourth-order valence-electron chi connectivity index (χ4n) is 0.945. The van der Waals surface area contributed by atoms with E-state index in [1.165, 1.54) is 0 Å². The molecule has 2 aromatic rings. The molecule has 0 bridgehead atoms. The zero-order valence-corrected chi connectivity index (χ0v) is 7.97. The molecule has 0 aliphatic heterocycles. The van der Waals surface area contributed by atoms with Crippen LogP contribution in [0.3, 0.4) is 0 Å². The van der Waals surface area contributed by atoms with Gasteiger partial charge in [-0.15, -0.1) is 11.3 Å². The lowest BCUT2D eigenvalue weighted by molar-refractivity contribution is 0.479. The molecule has 2 aromatic heterocycles. The topological polar surface area (TPSA) is 51.0 Å². The van der Waals surface area contributed by atoms with Crippen LogP contribution in [-0.2, 0) is 6.54 Å². The van der Waals surface area contributed by atoms with E-state index in [2.05, 4.69) is 15.3 Å². The van der Waals surface area contributed by atoms with Gasteiger partial charge in [0.2, 0.25) is 5.89 Å². The summed E-state index contributed by atoms with van der Waals surface area (Å²) in [6.07, 6.45) is 3.46. The van der Waals surface area contributed by atoms with Gasteiger partial charge in [-0.2, -0.15) is 0 Å². The highest BCUT2D eigenvalue weighted by Crippen LogP contribution is 2.11. The van der Waals surface area contributed by atoms with Crippen LogP contribution in [0.25, 0.3) is 0 Å². The smallest absolute Gasteiger partial charge is 0.213 e. The van der Waals surface area contributed by atoms with Crippen molar-refractivity contribution in [3.8, 4) is 0 Å². The first kappa shape index (κ1) is 8.25. The SMILES string of the molecule is Cc1cnc(CNc2nccs2)o1. The Labute approximate surface area is 79.6 Å². The normalized spacial score (nSPS) is 10.2. The van der Waals surface area contributed by atoms with E-state index in [9.17, 15) is 0 Å². The molecule has 0 amide bonds. The van der Waals surface area contributed by atoms with Crippen molar-refractivity contribution in [2.75, 3.05) is 5.32 Å². The summed E-state index contributed by atoms with van der Waals surface area (Å²) in [6.45, 7) is 2.46. The summed E-state index contributed by atoms with van der Waals surface area (Å²) in [4.78, 5) is 8.14. The van der Waals surface area contributed by atoms with Crippen LogP contribution in [0.1, 0.15) is 11.7 Å². The largest absolute Gasteiger partial charge is 0.444 e. The Morgan fingerprint density at radius 2 is 2.46 bits per heavy atom. The number of thiazole rings is 1.